The maximum atomic E-state index is 13.7. The average molecular weight is 347 g/mol. The molecule has 0 saturated heterocycles. The zero-order valence-corrected chi connectivity index (χ0v) is 13.4. The molecule has 0 fully saturated rings. The Morgan fingerprint density at radius 1 is 1.35 bits per heavy atom. The summed E-state index contributed by atoms with van der Waals surface area (Å²) in [5.41, 5.74) is 0.546. The molecule has 4 nitrogen and oxygen atoms in total. The molecule has 1 aromatic rings. The van der Waals surface area contributed by atoms with Crippen LogP contribution >= 0.6 is 15.9 Å². The van der Waals surface area contributed by atoms with Gasteiger partial charge in [0, 0.05) is 50.2 Å². The molecule has 0 saturated carbocycles. The molecule has 0 aliphatic carbocycles. The summed E-state index contributed by atoms with van der Waals surface area (Å²) in [6.07, 6.45) is 0.350. The van der Waals surface area contributed by atoms with Crippen molar-refractivity contribution in [3.8, 4) is 0 Å². The minimum absolute atomic E-state index is 0.0163. The number of benzene rings is 1. The SMILES string of the molecule is CN(C)C(=O)CCN(CCO)Cc1cc(Br)ccc1F. The monoisotopic (exact) mass is 346 g/mol. The van der Waals surface area contributed by atoms with Crippen LogP contribution in [0.25, 0.3) is 0 Å². The second kappa shape index (κ2) is 8.34. The van der Waals surface area contributed by atoms with Crippen molar-refractivity contribution >= 4 is 21.8 Å². The highest BCUT2D eigenvalue weighted by molar-refractivity contribution is 9.10. The first-order valence-corrected chi connectivity index (χ1v) is 7.20. The van der Waals surface area contributed by atoms with Crippen LogP contribution in [0, 0.1) is 5.82 Å². The van der Waals surface area contributed by atoms with Gasteiger partial charge in [-0.05, 0) is 18.2 Å². The zero-order valence-electron chi connectivity index (χ0n) is 11.8. The van der Waals surface area contributed by atoms with Crippen molar-refractivity contribution in [2.24, 2.45) is 0 Å². The van der Waals surface area contributed by atoms with Gasteiger partial charge in [0.15, 0.2) is 0 Å². The molecule has 1 N–H and O–H groups in total. The van der Waals surface area contributed by atoms with Gasteiger partial charge in [-0.2, -0.15) is 0 Å². The highest BCUT2D eigenvalue weighted by Crippen LogP contribution is 2.17. The summed E-state index contributed by atoms with van der Waals surface area (Å²) >= 11 is 3.31. The maximum absolute atomic E-state index is 13.7. The number of hydrogen-bond acceptors (Lipinski definition) is 3. The van der Waals surface area contributed by atoms with Crippen molar-refractivity contribution in [2.45, 2.75) is 13.0 Å². The summed E-state index contributed by atoms with van der Waals surface area (Å²) < 4.78 is 14.5. The first-order valence-electron chi connectivity index (χ1n) is 6.41. The Balaban J connectivity index is 2.66. The van der Waals surface area contributed by atoms with Crippen LogP contribution in [0.2, 0.25) is 0 Å². The van der Waals surface area contributed by atoms with Crippen molar-refractivity contribution in [2.75, 3.05) is 33.8 Å². The zero-order chi connectivity index (χ0) is 15.1. The second-order valence-corrected chi connectivity index (χ2v) is 5.69. The molecule has 0 heterocycles. The van der Waals surface area contributed by atoms with Gasteiger partial charge < -0.3 is 10.0 Å². The van der Waals surface area contributed by atoms with Gasteiger partial charge in [0.25, 0.3) is 0 Å². The maximum Gasteiger partial charge on any atom is 0.223 e. The minimum Gasteiger partial charge on any atom is -0.395 e. The summed E-state index contributed by atoms with van der Waals surface area (Å²) in [5.74, 6) is -0.266. The number of carbonyl (C=O) groups is 1. The average Bonchev–Trinajstić information content (AvgIpc) is 2.39. The second-order valence-electron chi connectivity index (χ2n) is 4.77. The van der Waals surface area contributed by atoms with E-state index in [1.165, 1.54) is 11.0 Å². The molecule has 20 heavy (non-hydrogen) atoms. The van der Waals surface area contributed by atoms with Gasteiger partial charge in [0.1, 0.15) is 5.82 Å². The van der Waals surface area contributed by atoms with E-state index < -0.39 is 0 Å². The van der Waals surface area contributed by atoms with Gasteiger partial charge in [-0.25, -0.2) is 4.39 Å². The third-order valence-electron chi connectivity index (χ3n) is 2.96. The lowest BCUT2D eigenvalue weighted by molar-refractivity contribution is -0.129. The third kappa shape index (κ3) is 5.56. The quantitative estimate of drug-likeness (QED) is 0.819. The number of amides is 1. The van der Waals surface area contributed by atoms with E-state index in [2.05, 4.69) is 15.9 Å². The highest BCUT2D eigenvalue weighted by atomic mass is 79.9. The number of hydrogen-bond donors (Lipinski definition) is 1. The number of aliphatic hydroxyl groups is 1. The molecule has 0 spiro atoms. The predicted molar refractivity (Wildman–Crippen MR) is 79.8 cm³/mol. The van der Waals surface area contributed by atoms with Gasteiger partial charge in [-0.3, -0.25) is 9.69 Å². The fourth-order valence-electron chi connectivity index (χ4n) is 1.79. The number of carbonyl (C=O) groups excluding carboxylic acids is 1. The van der Waals surface area contributed by atoms with E-state index in [1.807, 2.05) is 4.90 Å². The van der Waals surface area contributed by atoms with Crippen molar-refractivity contribution < 1.29 is 14.3 Å². The molecule has 1 aromatic carbocycles. The van der Waals surface area contributed by atoms with E-state index in [9.17, 15) is 9.18 Å². The Kier molecular flexibility index (Phi) is 7.12. The molecule has 0 bridgehead atoms. The van der Waals surface area contributed by atoms with E-state index in [1.54, 1.807) is 26.2 Å². The van der Waals surface area contributed by atoms with E-state index in [4.69, 9.17) is 5.11 Å². The summed E-state index contributed by atoms with van der Waals surface area (Å²) in [6.45, 7) is 1.24. The summed E-state index contributed by atoms with van der Waals surface area (Å²) in [4.78, 5) is 15.0. The van der Waals surface area contributed by atoms with Gasteiger partial charge in [0.05, 0.1) is 6.61 Å². The van der Waals surface area contributed by atoms with E-state index in [0.29, 0.717) is 31.6 Å². The van der Waals surface area contributed by atoms with Gasteiger partial charge in [-0.1, -0.05) is 15.9 Å². The van der Waals surface area contributed by atoms with E-state index in [-0.39, 0.29) is 18.3 Å². The number of rotatable bonds is 7. The molecule has 0 unspecified atom stereocenters. The normalized spacial score (nSPS) is 10.9. The van der Waals surface area contributed by atoms with Crippen molar-refractivity contribution in [3.63, 3.8) is 0 Å². The lowest BCUT2D eigenvalue weighted by Crippen LogP contribution is -2.32. The Morgan fingerprint density at radius 3 is 2.65 bits per heavy atom. The summed E-state index contributed by atoms with van der Waals surface area (Å²) in [5, 5.41) is 9.07. The molecule has 0 aromatic heterocycles. The van der Waals surface area contributed by atoms with Gasteiger partial charge >= 0.3 is 0 Å². The Labute approximate surface area is 127 Å². The van der Waals surface area contributed by atoms with Gasteiger partial charge in [0.2, 0.25) is 5.91 Å². The summed E-state index contributed by atoms with van der Waals surface area (Å²) in [6, 6.07) is 4.76. The van der Waals surface area contributed by atoms with Crippen LogP contribution in [0.1, 0.15) is 12.0 Å². The topological polar surface area (TPSA) is 43.8 Å². The molecule has 6 heteroatoms. The molecule has 112 valence electrons. The minimum atomic E-state index is -0.282. The molecule has 1 amide bonds. The Bertz CT molecular complexity index is 455. The molecular weight excluding hydrogens is 327 g/mol. The van der Waals surface area contributed by atoms with Crippen LogP contribution in [0.4, 0.5) is 4.39 Å². The van der Waals surface area contributed by atoms with Gasteiger partial charge in [-0.15, -0.1) is 0 Å². The van der Waals surface area contributed by atoms with Crippen LogP contribution < -0.4 is 0 Å². The number of halogens is 2. The first kappa shape index (κ1) is 17.1. The predicted octanol–water partition coefficient (Wildman–Crippen LogP) is 1.86. The molecule has 0 aliphatic heterocycles. The molecule has 0 aliphatic rings. The molecular formula is C14H20BrFN2O2. The largest absolute Gasteiger partial charge is 0.395 e. The number of nitrogens with zero attached hydrogens (tertiary/aromatic N) is 2. The standard InChI is InChI=1S/C14H20BrFN2O2/c1-17(2)14(20)5-6-18(7-8-19)10-11-9-12(15)3-4-13(11)16/h3-4,9,19H,5-8,10H2,1-2H3. The van der Waals surface area contributed by atoms with E-state index in [0.717, 1.165) is 4.47 Å². The fourth-order valence-corrected chi connectivity index (χ4v) is 2.20. The van der Waals surface area contributed by atoms with Crippen LogP contribution in [0.5, 0.6) is 0 Å². The molecule has 1 rings (SSSR count). The van der Waals surface area contributed by atoms with E-state index >= 15 is 0 Å². The lowest BCUT2D eigenvalue weighted by atomic mass is 10.2. The summed E-state index contributed by atoms with van der Waals surface area (Å²) in [7, 11) is 3.40. The van der Waals surface area contributed by atoms with Crippen LogP contribution in [0.15, 0.2) is 22.7 Å². The van der Waals surface area contributed by atoms with Crippen LogP contribution in [-0.2, 0) is 11.3 Å². The van der Waals surface area contributed by atoms with Crippen LogP contribution in [-0.4, -0.2) is 54.6 Å². The highest BCUT2D eigenvalue weighted by Gasteiger charge is 2.12. The van der Waals surface area contributed by atoms with Crippen LogP contribution in [0.3, 0.4) is 0 Å². The van der Waals surface area contributed by atoms with Crippen molar-refractivity contribution in [3.05, 3.63) is 34.1 Å². The molecule has 0 radical (unpaired) electrons. The van der Waals surface area contributed by atoms with Crippen molar-refractivity contribution in [1.82, 2.24) is 9.80 Å². The lowest BCUT2D eigenvalue weighted by Gasteiger charge is -2.22. The van der Waals surface area contributed by atoms with Crippen molar-refractivity contribution in [1.29, 1.82) is 0 Å². The smallest absolute Gasteiger partial charge is 0.223 e. The Morgan fingerprint density at radius 2 is 2.05 bits per heavy atom. The fraction of sp³-hybridized carbons (Fsp3) is 0.500. The third-order valence-corrected chi connectivity index (χ3v) is 3.45. The Hall–Kier alpha value is -0.980. The molecule has 0 atom stereocenters. The number of aliphatic hydroxyl groups excluding tert-OH is 1. The first-order chi connectivity index (χ1) is 9.43.